The predicted octanol–water partition coefficient (Wildman–Crippen LogP) is 6.15. The first-order chi connectivity index (χ1) is 17.7. The summed E-state index contributed by atoms with van der Waals surface area (Å²) < 4.78 is 10.6. The summed E-state index contributed by atoms with van der Waals surface area (Å²) in [6.07, 6.45) is 5.63. The van der Waals surface area contributed by atoms with Crippen molar-refractivity contribution >= 4 is 46.0 Å². The number of carbonyl (C=O) groups is 2. The molecule has 2 amide bonds. The van der Waals surface area contributed by atoms with E-state index in [0.29, 0.717) is 47.3 Å². The highest BCUT2D eigenvalue weighted by atomic mass is 35.5. The molecule has 2 N–H and O–H groups in total. The third kappa shape index (κ3) is 5.51. The minimum atomic E-state index is -0.526. The number of ether oxygens (including phenoxy) is 1. The van der Waals surface area contributed by atoms with Crippen LogP contribution in [0, 0.1) is 0 Å². The van der Waals surface area contributed by atoms with Crippen LogP contribution in [-0.4, -0.2) is 50.5 Å². The normalized spacial score (nSPS) is 13.9. The van der Waals surface area contributed by atoms with E-state index < -0.39 is 5.60 Å². The molecular weight excluding hydrogens is 494 g/mol. The number of halogens is 1. The van der Waals surface area contributed by atoms with Crippen molar-refractivity contribution in [2.24, 2.45) is 0 Å². The molecule has 1 aliphatic heterocycles. The molecule has 37 heavy (non-hydrogen) atoms. The molecule has 1 aromatic carbocycles. The molecule has 0 bridgehead atoms. The number of furan rings is 1. The van der Waals surface area contributed by atoms with Crippen LogP contribution in [0.1, 0.15) is 43.3 Å². The molecule has 0 saturated carbocycles. The maximum atomic E-state index is 12.4. The summed E-state index contributed by atoms with van der Waals surface area (Å²) in [4.78, 5) is 38.8. The van der Waals surface area contributed by atoms with Crippen LogP contribution in [0.3, 0.4) is 0 Å². The summed E-state index contributed by atoms with van der Waals surface area (Å²) in [5.74, 6) is 0.385. The monoisotopic (exact) mass is 519 g/mol. The Morgan fingerprint density at radius 2 is 2.05 bits per heavy atom. The molecule has 0 radical (unpaired) electrons. The Labute approximate surface area is 218 Å². The van der Waals surface area contributed by atoms with Gasteiger partial charge in [-0.2, -0.15) is 0 Å². The minimum absolute atomic E-state index is 0.211. The van der Waals surface area contributed by atoms with E-state index in [9.17, 15) is 9.59 Å². The van der Waals surface area contributed by atoms with E-state index in [1.807, 2.05) is 32.9 Å². The average Bonchev–Trinajstić information content (AvgIpc) is 3.54. The third-order valence-corrected chi connectivity index (χ3v) is 6.12. The summed E-state index contributed by atoms with van der Waals surface area (Å²) in [5, 5.41) is 3.28. The highest BCUT2D eigenvalue weighted by Gasteiger charge is 2.24. The molecule has 3 aromatic heterocycles. The lowest BCUT2D eigenvalue weighted by molar-refractivity contribution is 0.0270. The first-order valence-corrected chi connectivity index (χ1v) is 12.2. The van der Waals surface area contributed by atoms with Crippen molar-refractivity contribution in [1.82, 2.24) is 19.9 Å². The van der Waals surface area contributed by atoms with Gasteiger partial charge >= 0.3 is 6.09 Å². The topological polar surface area (TPSA) is 113 Å². The number of imidazole rings is 1. The second kappa shape index (κ2) is 9.74. The number of aromatic amines is 1. The summed E-state index contributed by atoms with van der Waals surface area (Å²) >= 11 is 6.46. The highest BCUT2D eigenvalue weighted by molar-refractivity contribution is 6.33. The van der Waals surface area contributed by atoms with Gasteiger partial charge in [-0.1, -0.05) is 17.7 Å². The molecular formula is C27H26ClN5O4. The zero-order valence-corrected chi connectivity index (χ0v) is 21.4. The van der Waals surface area contributed by atoms with E-state index in [-0.39, 0.29) is 17.8 Å². The van der Waals surface area contributed by atoms with E-state index in [0.717, 1.165) is 16.7 Å². The van der Waals surface area contributed by atoms with Crippen LogP contribution in [0.4, 0.5) is 10.5 Å². The lowest BCUT2D eigenvalue weighted by Crippen LogP contribution is -2.39. The van der Waals surface area contributed by atoms with Crippen molar-refractivity contribution in [1.29, 1.82) is 0 Å². The number of nitrogens with one attached hydrogen (secondary N) is 2. The van der Waals surface area contributed by atoms with Gasteiger partial charge in [0.05, 0.1) is 16.8 Å². The number of H-pyrrole nitrogens is 1. The smallest absolute Gasteiger partial charge is 0.410 e. The third-order valence-electron chi connectivity index (χ3n) is 5.79. The van der Waals surface area contributed by atoms with Crippen LogP contribution < -0.4 is 5.32 Å². The van der Waals surface area contributed by atoms with Crippen molar-refractivity contribution < 1.29 is 18.7 Å². The van der Waals surface area contributed by atoms with Gasteiger partial charge in [-0.3, -0.25) is 4.79 Å². The molecule has 5 rings (SSSR count). The standard InChI is InChI=1S/C27H26ClN5O4/c1-27(2,3)37-26(35)33-10-8-16(9-11-33)17-13-21-24(29-15-17)32-23(31-21)19-14-18(6-7-20(19)28)30-25(34)22-5-4-12-36-22/h4-8,12-15H,9-11H2,1-3H3,(H,30,34)(H,29,31,32). The highest BCUT2D eigenvalue weighted by Crippen LogP contribution is 2.31. The molecule has 1 aliphatic rings. The second-order valence-electron chi connectivity index (χ2n) is 9.71. The fourth-order valence-corrected chi connectivity index (χ4v) is 4.22. The van der Waals surface area contributed by atoms with E-state index in [1.165, 1.54) is 6.26 Å². The molecule has 190 valence electrons. The Balaban J connectivity index is 1.35. The van der Waals surface area contributed by atoms with Crippen molar-refractivity contribution in [3.05, 3.63) is 71.3 Å². The molecule has 0 saturated heterocycles. The van der Waals surface area contributed by atoms with Gasteiger partial charge in [0.15, 0.2) is 11.4 Å². The minimum Gasteiger partial charge on any atom is -0.459 e. The van der Waals surface area contributed by atoms with Gasteiger partial charge in [-0.05, 0) is 74.7 Å². The molecule has 0 aliphatic carbocycles. The Hall–Kier alpha value is -4.11. The number of carbonyl (C=O) groups excluding carboxylic acids is 2. The maximum Gasteiger partial charge on any atom is 0.410 e. The van der Waals surface area contributed by atoms with E-state index in [1.54, 1.807) is 41.4 Å². The Kier molecular flexibility index (Phi) is 6.47. The quantitative estimate of drug-likeness (QED) is 0.334. The number of hydrogen-bond acceptors (Lipinski definition) is 6. The van der Waals surface area contributed by atoms with Gasteiger partial charge in [-0.15, -0.1) is 0 Å². The average molecular weight is 520 g/mol. The SMILES string of the molecule is CC(C)(C)OC(=O)N1CC=C(c2cnc3nc(-c4cc(NC(=O)c5ccco5)ccc4Cl)[nH]c3c2)CC1. The molecule has 0 unspecified atom stereocenters. The van der Waals surface area contributed by atoms with Gasteiger partial charge in [-0.25, -0.2) is 14.8 Å². The number of benzene rings is 1. The number of rotatable bonds is 4. The first-order valence-electron chi connectivity index (χ1n) is 11.8. The molecule has 0 fully saturated rings. The van der Waals surface area contributed by atoms with E-state index >= 15 is 0 Å². The molecule has 9 nitrogen and oxygen atoms in total. The molecule has 0 spiro atoms. The van der Waals surface area contributed by atoms with Crippen LogP contribution in [0.25, 0.3) is 28.1 Å². The fraction of sp³-hybridized carbons (Fsp3) is 0.259. The number of amides is 2. The molecule has 4 aromatic rings. The number of aromatic nitrogens is 3. The largest absolute Gasteiger partial charge is 0.459 e. The second-order valence-corrected chi connectivity index (χ2v) is 10.1. The van der Waals surface area contributed by atoms with Crippen LogP contribution >= 0.6 is 11.6 Å². The summed E-state index contributed by atoms with van der Waals surface area (Å²) in [6.45, 7) is 6.62. The first kappa shape index (κ1) is 24.6. The number of fused-ring (bicyclic) bond motifs is 1. The van der Waals surface area contributed by atoms with E-state index in [4.69, 9.17) is 20.8 Å². The predicted molar refractivity (Wildman–Crippen MR) is 141 cm³/mol. The van der Waals surface area contributed by atoms with Crippen LogP contribution in [-0.2, 0) is 4.74 Å². The van der Waals surface area contributed by atoms with Gasteiger partial charge in [0.1, 0.15) is 11.4 Å². The van der Waals surface area contributed by atoms with Crippen molar-refractivity contribution in [2.75, 3.05) is 18.4 Å². The van der Waals surface area contributed by atoms with Gasteiger partial charge < -0.3 is 24.4 Å². The Bertz CT molecular complexity index is 1500. The fourth-order valence-electron chi connectivity index (χ4n) is 4.01. The number of anilines is 1. The Morgan fingerprint density at radius 3 is 2.76 bits per heavy atom. The zero-order chi connectivity index (χ0) is 26.2. The lowest BCUT2D eigenvalue weighted by Gasteiger charge is -2.29. The molecule has 4 heterocycles. The Morgan fingerprint density at radius 1 is 1.22 bits per heavy atom. The molecule has 10 heteroatoms. The van der Waals surface area contributed by atoms with Crippen LogP contribution in [0.15, 0.2) is 59.4 Å². The van der Waals surface area contributed by atoms with Crippen molar-refractivity contribution in [3.8, 4) is 11.4 Å². The van der Waals surface area contributed by atoms with Gasteiger partial charge in [0.25, 0.3) is 5.91 Å². The van der Waals surface area contributed by atoms with E-state index in [2.05, 4.69) is 20.3 Å². The summed E-state index contributed by atoms with van der Waals surface area (Å²) in [6, 6.07) is 10.4. The van der Waals surface area contributed by atoms with Crippen LogP contribution in [0.5, 0.6) is 0 Å². The number of pyridine rings is 1. The van der Waals surface area contributed by atoms with Crippen molar-refractivity contribution in [3.63, 3.8) is 0 Å². The van der Waals surface area contributed by atoms with Crippen LogP contribution in [0.2, 0.25) is 5.02 Å². The van der Waals surface area contributed by atoms with Gasteiger partial charge in [0, 0.05) is 30.5 Å². The number of nitrogens with zero attached hydrogens (tertiary/aromatic N) is 3. The lowest BCUT2D eigenvalue weighted by atomic mass is 10.0. The van der Waals surface area contributed by atoms with Gasteiger partial charge in [0.2, 0.25) is 0 Å². The van der Waals surface area contributed by atoms with Crippen molar-refractivity contribution in [2.45, 2.75) is 32.8 Å². The number of hydrogen-bond donors (Lipinski definition) is 2. The summed E-state index contributed by atoms with van der Waals surface area (Å²) in [5.41, 5.74) is 4.01. The molecule has 0 atom stereocenters. The zero-order valence-electron chi connectivity index (χ0n) is 20.7. The maximum absolute atomic E-state index is 12.4. The summed E-state index contributed by atoms with van der Waals surface area (Å²) in [7, 11) is 0.